The van der Waals surface area contributed by atoms with E-state index in [1.165, 1.54) is 28.8 Å². The van der Waals surface area contributed by atoms with E-state index < -0.39 is 35.0 Å². The number of carbonyl (C=O) groups excluding carboxylic acids is 2. The van der Waals surface area contributed by atoms with Gasteiger partial charge in [0.2, 0.25) is 0 Å². The molecule has 1 saturated heterocycles. The fraction of sp³-hybridized carbons (Fsp3) is 0.300. The SMILES string of the molecule is CCOC(=O)C1CSC(c2cccc(Cl)c2)N1C(=O)c1cccc(C(F)(F)F)c1. The summed E-state index contributed by atoms with van der Waals surface area (Å²) in [6.45, 7) is 1.78. The first-order valence-corrected chi connectivity index (χ1v) is 10.2. The third-order valence-corrected chi connectivity index (χ3v) is 5.92. The van der Waals surface area contributed by atoms with E-state index in [1.54, 1.807) is 31.2 Å². The fourth-order valence-corrected chi connectivity index (χ4v) is 4.67. The van der Waals surface area contributed by atoms with Crippen LogP contribution in [-0.2, 0) is 15.7 Å². The van der Waals surface area contributed by atoms with Gasteiger partial charge in [-0.05, 0) is 42.8 Å². The Kier molecular flexibility index (Phi) is 6.43. The predicted molar refractivity (Wildman–Crippen MR) is 105 cm³/mol. The van der Waals surface area contributed by atoms with Crippen molar-refractivity contribution in [3.05, 3.63) is 70.2 Å². The number of esters is 1. The highest BCUT2D eigenvalue weighted by Crippen LogP contribution is 2.43. The van der Waals surface area contributed by atoms with Gasteiger partial charge in [-0.25, -0.2) is 4.79 Å². The van der Waals surface area contributed by atoms with Crippen LogP contribution in [0.4, 0.5) is 13.2 Å². The summed E-state index contributed by atoms with van der Waals surface area (Å²) >= 11 is 7.39. The number of amides is 1. The highest BCUT2D eigenvalue weighted by atomic mass is 35.5. The van der Waals surface area contributed by atoms with Gasteiger partial charge < -0.3 is 9.64 Å². The van der Waals surface area contributed by atoms with Crippen molar-refractivity contribution in [3.8, 4) is 0 Å². The second-order valence-corrected chi connectivity index (χ2v) is 7.85. The van der Waals surface area contributed by atoms with Crippen molar-refractivity contribution in [1.29, 1.82) is 0 Å². The van der Waals surface area contributed by atoms with Gasteiger partial charge >= 0.3 is 12.1 Å². The summed E-state index contributed by atoms with van der Waals surface area (Å²) < 4.78 is 44.3. The molecular formula is C20H17ClF3NO3S. The summed E-state index contributed by atoms with van der Waals surface area (Å²) in [5, 5.41) is -0.126. The van der Waals surface area contributed by atoms with E-state index in [4.69, 9.17) is 16.3 Å². The number of hydrogen-bond donors (Lipinski definition) is 0. The van der Waals surface area contributed by atoms with Gasteiger partial charge in [0.15, 0.2) is 0 Å². The van der Waals surface area contributed by atoms with Gasteiger partial charge in [0.05, 0.1) is 12.2 Å². The Morgan fingerprint density at radius 3 is 2.59 bits per heavy atom. The normalized spacial score (nSPS) is 19.3. The van der Waals surface area contributed by atoms with Crippen LogP contribution in [0.2, 0.25) is 5.02 Å². The van der Waals surface area contributed by atoms with Gasteiger partial charge in [-0.1, -0.05) is 29.8 Å². The van der Waals surface area contributed by atoms with Crippen molar-refractivity contribution < 1.29 is 27.5 Å². The van der Waals surface area contributed by atoms with Gasteiger partial charge in [-0.15, -0.1) is 11.8 Å². The molecule has 2 aromatic carbocycles. The molecule has 9 heteroatoms. The molecule has 4 nitrogen and oxygen atoms in total. The summed E-state index contributed by atoms with van der Waals surface area (Å²) in [6.07, 6.45) is -4.58. The molecule has 1 fully saturated rings. The topological polar surface area (TPSA) is 46.6 Å². The van der Waals surface area contributed by atoms with Crippen molar-refractivity contribution in [2.24, 2.45) is 0 Å². The molecule has 0 bridgehead atoms. The highest BCUT2D eigenvalue weighted by molar-refractivity contribution is 7.99. The average Bonchev–Trinajstić information content (AvgIpc) is 3.12. The first-order valence-electron chi connectivity index (χ1n) is 8.76. The zero-order valence-electron chi connectivity index (χ0n) is 15.3. The minimum absolute atomic E-state index is 0.132. The minimum Gasteiger partial charge on any atom is -0.464 e. The molecule has 0 saturated carbocycles. The molecule has 0 spiro atoms. The Labute approximate surface area is 175 Å². The Morgan fingerprint density at radius 1 is 1.21 bits per heavy atom. The van der Waals surface area contributed by atoms with Crippen molar-refractivity contribution in [3.63, 3.8) is 0 Å². The first kappa shape index (κ1) is 21.5. The van der Waals surface area contributed by atoms with Crippen LogP contribution < -0.4 is 0 Å². The number of benzene rings is 2. The average molecular weight is 444 g/mol. The minimum atomic E-state index is -4.58. The molecule has 0 aliphatic carbocycles. The zero-order valence-corrected chi connectivity index (χ0v) is 16.9. The van der Waals surface area contributed by atoms with E-state index in [9.17, 15) is 22.8 Å². The Hall–Kier alpha value is -2.19. The lowest BCUT2D eigenvalue weighted by atomic mass is 10.1. The summed E-state index contributed by atoms with van der Waals surface area (Å²) in [5.74, 6) is -1.00. The van der Waals surface area contributed by atoms with E-state index in [-0.39, 0.29) is 17.9 Å². The Morgan fingerprint density at radius 2 is 1.93 bits per heavy atom. The molecule has 1 aliphatic heterocycles. The highest BCUT2D eigenvalue weighted by Gasteiger charge is 2.44. The molecule has 2 atom stereocenters. The lowest BCUT2D eigenvalue weighted by Gasteiger charge is -2.29. The largest absolute Gasteiger partial charge is 0.464 e. The lowest BCUT2D eigenvalue weighted by molar-refractivity contribution is -0.147. The number of hydrogen-bond acceptors (Lipinski definition) is 4. The van der Waals surface area contributed by atoms with Gasteiger partial charge in [0.25, 0.3) is 5.91 Å². The molecular weight excluding hydrogens is 427 g/mol. The monoisotopic (exact) mass is 443 g/mol. The smallest absolute Gasteiger partial charge is 0.416 e. The van der Waals surface area contributed by atoms with Crippen LogP contribution in [-0.4, -0.2) is 35.2 Å². The lowest BCUT2D eigenvalue weighted by Crippen LogP contribution is -2.44. The number of nitrogens with zero attached hydrogens (tertiary/aromatic N) is 1. The van der Waals surface area contributed by atoms with Crippen molar-refractivity contribution in [2.45, 2.75) is 24.5 Å². The Balaban J connectivity index is 2.01. The van der Waals surface area contributed by atoms with Crippen LogP contribution in [0.25, 0.3) is 0 Å². The van der Waals surface area contributed by atoms with Crippen LogP contribution in [0, 0.1) is 0 Å². The molecule has 154 valence electrons. The zero-order chi connectivity index (χ0) is 21.2. The summed E-state index contributed by atoms with van der Waals surface area (Å²) in [6, 6.07) is 10.1. The van der Waals surface area contributed by atoms with Crippen LogP contribution in [0.3, 0.4) is 0 Å². The number of rotatable bonds is 4. The molecule has 0 aromatic heterocycles. The second kappa shape index (κ2) is 8.67. The second-order valence-electron chi connectivity index (χ2n) is 6.30. The molecule has 0 N–H and O–H groups in total. The Bertz CT molecular complexity index is 922. The van der Waals surface area contributed by atoms with Gasteiger partial charge in [0, 0.05) is 16.3 Å². The van der Waals surface area contributed by atoms with E-state index in [1.807, 2.05) is 0 Å². The van der Waals surface area contributed by atoms with Crippen LogP contribution in [0.5, 0.6) is 0 Å². The third kappa shape index (κ3) is 4.70. The fourth-order valence-electron chi connectivity index (χ4n) is 3.07. The number of thioether (sulfide) groups is 1. The third-order valence-electron chi connectivity index (χ3n) is 4.36. The molecule has 2 aromatic rings. The molecule has 0 radical (unpaired) electrons. The predicted octanol–water partition coefficient (Wildman–Crippen LogP) is 5.18. The van der Waals surface area contributed by atoms with E-state index >= 15 is 0 Å². The standard InChI is InChI=1S/C20H17ClF3NO3S/c1-2-28-19(27)16-11-29-18(13-6-4-8-15(21)10-13)25(16)17(26)12-5-3-7-14(9-12)20(22,23)24/h3-10,16,18H,2,11H2,1H3. The molecule has 1 heterocycles. The van der Waals surface area contributed by atoms with E-state index in [0.717, 1.165) is 12.1 Å². The number of carbonyl (C=O) groups is 2. The number of ether oxygens (including phenoxy) is 1. The van der Waals surface area contributed by atoms with Crippen LogP contribution in [0.15, 0.2) is 48.5 Å². The number of halogens is 4. The van der Waals surface area contributed by atoms with Gasteiger partial charge in [-0.2, -0.15) is 13.2 Å². The molecule has 29 heavy (non-hydrogen) atoms. The summed E-state index contributed by atoms with van der Waals surface area (Å²) in [7, 11) is 0. The number of alkyl halides is 3. The summed E-state index contributed by atoms with van der Waals surface area (Å²) in [5.41, 5.74) is -0.402. The molecule has 1 amide bonds. The quantitative estimate of drug-likeness (QED) is 0.611. The van der Waals surface area contributed by atoms with Gasteiger partial charge in [0.1, 0.15) is 11.4 Å². The molecule has 1 aliphatic rings. The maximum absolute atomic E-state index is 13.2. The maximum Gasteiger partial charge on any atom is 0.416 e. The van der Waals surface area contributed by atoms with E-state index in [0.29, 0.717) is 10.6 Å². The van der Waals surface area contributed by atoms with Crippen molar-refractivity contribution in [1.82, 2.24) is 4.90 Å². The first-order chi connectivity index (χ1) is 13.7. The summed E-state index contributed by atoms with van der Waals surface area (Å²) in [4.78, 5) is 26.9. The molecule has 2 unspecified atom stereocenters. The van der Waals surface area contributed by atoms with Crippen LogP contribution >= 0.6 is 23.4 Å². The van der Waals surface area contributed by atoms with E-state index in [2.05, 4.69) is 0 Å². The van der Waals surface area contributed by atoms with Crippen molar-refractivity contribution >= 4 is 35.2 Å². The maximum atomic E-state index is 13.2. The van der Waals surface area contributed by atoms with Crippen LogP contribution in [0.1, 0.15) is 33.8 Å². The van der Waals surface area contributed by atoms with Crippen molar-refractivity contribution in [2.75, 3.05) is 12.4 Å². The molecule has 3 rings (SSSR count). The van der Waals surface area contributed by atoms with Gasteiger partial charge in [-0.3, -0.25) is 4.79 Å².